The maximum Gasteiger partial charge on any atom is 0.213 e. The van der Waals surface area contributed by atoms with E-state index in [1.807, 2.05) is 13.8 Å². The number of nitro groups is 3. The van der Waals surface area contributed by atoms with Gasteiger partial charge < -0.3 is 0 Å². The quantitative estimate of drug-likeness (QED) is 0.0619. The van der Waals surface area contributed by atoms with Crippen molar-refractivity contribution >= 4 is 0 Å². The highest BCUT2D eigenvalue weighted by atomic mass is 16.6. The topological polar surface area (TPSA) is 129 Å². The summed E-state index contributed by atoms with van der Waals surface area (Å²) >= 11 is 0. The van der Waals surface area contributed by atoms with Crippen molar-refractivity contribution in [1.82, 2.24) is 0 Å². The first-order valence-corrected chi connectivity index (χ1v) is 16.1. The van der Waals surface area contributed by atoms with Crippen molar-refractivity contribution in [3.8, 4) is 0 Å². The van der Waals surface area contributed by atoms with Crippen LogP contribution in [-0.4, -0.2) is 33.4 Å². The van der Waals surface area contributed by atoms with Crippen LogP contribution in [0.1, 0.15) is 176 Å². The molecule has 0 spiro atoms. The predicted molar refractivity (Wildman–Crippen MR) is 163 cm³/mol. The standard InChI is InChI=1S/C12H25NO2.C10H21NO2.C8H17NO2/c1-3-5-6-7-8-9-11-12(10-4-2)13(14)15;1-3-5-6-7-9-10(8-4-2)11(12)13;1-2-3-4-5-6-7-8-9(10)11/h12H,3-11H2,1-2H3;10H,3-9H2,1-2H3;2-8H2,1H3. The molecule has 0 N–H and O–H groups in total. The summed E-state index contributed by atoms with van der Waals surface area (Å²) in [4.78, 5) is 30.7. The second-order valence-electron chi connectivity index (χ2n) is 10.7. The summed E-state index contributed by atoms with van der Waals surface area (Å²) in [6.07, 6.45) is 23.3. The van der Waals surface area contributed by atoms with Gasteiger partial charge in [0.15, 0.2) is 0 Å². The van der Waals surface area contributed by atoms with Crippen LogP contribution in [0.3, 0.4) is 0 Å². The highest BCUT2D eigenvalue weighted by Crippen LogP contribution is 2.13. The van der Waals surface area contributed by atoms with Crippen LogP contribution in [0.15, 0.2) is 0 Å². The molecule has 0 aliphatic rings. The number of nitrogens with zero attached hydrogens (tertiary/aromatic N) is 3. The first kappa shape index (κ1) is 41.7. The van der Waals surface area contributed by atoms with Crippen molar-refractivity contribution in [1.29, 1.82) is 0 Å². The van der Waals surface area contributed by atoms with Gasteiger partial charge >= 0.3 is 0 Å². The van der Waals surface area contributed by atoms with E-state index in [1.165, 1.54) is 57.8 Å². The normalized spacial score (nSPS) is 11.9. The Kier molecular flexibility index (Phi) is 36.6. The molecule has 0 rings (SSSR count). The lowest BCUT2D eigenvalue weighted by molar-refractivity contribution is -0.524. The summed E-state index contributed by atoms with van der Waals surface area (Å²) in [7, 11) is 0. The number of hydrogen-bond acceptors (Lipinski definition) is 6. The second kappa shape index (κ2) is 34.2. The van der Waals surface area contributed by atoms with Crippen LogP contribution in [0.4, 0.5) is 0 Å². The zero-order valence-electron chi connectivity index (χ0n) is 26.2. The predicted octanol–water partition coefficient (Wildman–Crippen LogP) is 10.2. The molecule has 0 amide bonds. The molecule has 0 aromatic carbocycles. The molecule has 0 saturated carbocycles. The Morgan fingerprint density at radius 3 is 1.03 bits per heavy atom. The summed E-state index contributed by atoms with van der Waals surface area (Å²) in [6, 6.07) is -0.581. The fourth-order valence-corrected chi connectivity index (χ4v) is 4.37. The van der Waals surface area contributed by atoms with Gasteiger partial charge in [-0.05, 0) is 32.1 Å². The summed E-state index contributed by atoms with van der Waals surface area (Å²) < 4.78 is 0. The Morgan fingerprint density at radius 1 is 0.410 bits per heavy atom. The maximum atomic E-state index is 10.7. The second-order valence-corrected chi connectivity index (χ2v) is 10.7. The van der Waals surface area contributed by atoms with Gasteiger partial charge in [0, 0.05) is 46.9 Å². The molecule has 9 heteroatoms. The minimum Gasteiger partial charge on any atom is -0.265 e. The fourth-order valence-electron chi connectivity index (χ4n) is 4.37. The molecule has 2 unspecified atom stereocenters. The lowest BCUT2D eigenvalue weighted by Gasteiger charge is -2.07. The van der Waals surface area contributed by atoms with Crippen molar-refractivity contribution in [3.05, 3.63) is 30.3 Å². The van der Waals surface area contributed by atoms with Crippen LogP contribution in [0.2, 0.25) is 0 Å². The average Bonchev–Trinajstić information content (AvgIpc) is 2.89. The van der Waals surface area contributed by atoms with Crippen molar-refractivity contribution in [3.63, 3.8) is 0 Å². The van der Waals surface area contributed by atoms with Gasteiger partial charge in [-0.25, -0.2) is 0 Å². The van der Waals surface area contributed by atoms with Crippen molar-refractivity contribution in [2.45, 2.75) is 188 Å². The lowest BCUT2D eigenvalue weighted by atomic mass is 10.0. The average molecular weight is 562 g/mol. The van der Waals surface area contributed by atoms with E-state index in [9.17, 15) is 30.3 Å². The number of rotatable bonds is 25. The molecule has 2 atom stereocenters. The van der Waals surface area contributed by atoms with Gasteiger partial charge in [0.1, 0.15) is 0 Å². The van der Waals surface area contributed by atoms with Crippen LogP contribution < -0.4 is 0 Å². The summed E-state index contributed by atoms with van der Waals surface area (Å²) in [6.45, 7) is 10.7. The highest BCUT2D eigenvalue weighted by molar-refractivity contribution is 4.57. The molecule has 0 aliphatic heterocycles. The van der Waals surface area contributed by atoms with Gasteiger partial charge in [-0.3, -0.25) is 30.3 Å². The van der Waals surface area contributed by atoms with Gasteiger partial charge in [-0.15, -0.1) is 0 Å². The Labute approximate surface area is 239 Å². The fraction of sp³-hybridized carbons (Fsp3) is 1.00. The third-order valence-electron chi connectivity index (χ3n) is 6.82. The molecule has 0 aromatic heterocycles. The lowest BCUT2D eigenvalue weighted by Crippen LogP contribution is -2.18. The van der Waals surface area contributed by atoms with Crippen molar-refractivity contribution < 1.29 is 14.8 Å². The van der Waals surface area contributed by atoms with Crippen LogP contribution in [0, 0.1) is 30.3 Å². The van der Waals surface area contributed by atoms with Crippen molar-refractivity contribution in [2.24, 2.45) is 0 Å². The zero-order valence-corrected chi connectivity index (χ0v) is 26.2. The maximum absolute atomic E-state index is 10.7. The van der Waals surface area contributed by atoms with E-state index >= 15 is 0 Å². The summed E-state index contributed by atoms with van der Waals surface area (Å²) in [5.74, 6) is 0. The van der Waals surface area contributed by atoms with Crippen LogP contribution in [0.25, 0.3) is 0 Å². The largest absolute Gasteiger partial charge is 0.265 e. The molecule has 9 nitrogen and oxygen atoms in total. The van der Waals surface area contributed by atoms with Gasteiger partial charge in [-0.1, -0.05) is 112 Å². The van der Waals surface area contributed by atoms with E-state index in [-0.39, 0.29) is 33.4 Å². The van der Waals surface area contributed by atoms with Crippen LogP contribution >= 0.6 is 0 Å². The first-order valence-electron chi connectivity index (χ1n) is 16.1. The smallest absolute Gasteiger partial charge is 0.213 e. The molecular weight excluding hydrogens is 498 g/mol. The van der Waals surface area contributed by atoms with Gasteiger partial charge in [0.05, 0.1) is 0 Å². The Balaban J connectivity index is -0.000000505. The molecule has 0 bridgehead atoms. The minimum atomic E-state index is -0.291. The third-order valence-corrected chi connectivity index (χ3v) is 6.82. The molecule has 0 aliphatic carbocycles. The number of unbranched alkanes of at least 4 members (excludes halogenated alkanes) is 13. The molecule has 0 aromatic rings. The number of hydrogen-bond donors (Lipinski definition) is 0. The molecule has 0 saturated heterocycles. The Hall–Kier alpha value is -1.80. The van der Waals surface area contributed by atoms with E-state index in [4.69, 9.17) is 0 Å². The summed E-state index contributed by atoms with van der Waals surface area (Å²) in [5, 5.41) is 31.1. The zero-order chi connectivity index (χ0) is 30.2. The Morgan fingerprint density at radius 2 is 0.718 bits per heavy atom. The van der Waals surface area contributed by atoms with Crippen molar-refractivity contribution in [2.75, 3.05) is 6.54 Å². The molecular formula is C30H63N3O6. The van der Waals surface area contributed by atoms with Crippen LogP contribution in [0.5, 0.6) is 0 Å². The van der Waals surface area contributed by atoms with E-state index in [0.717, 1.165) is 83.5 Å². The molecule has 0 heterocycles. The first-order chi connectivity index (χ1) is 18.7. The van der Waals surface area contributed by atoms with Crippen LogP contribution in [-0.2, 0) is 0 Å². The van der Waals surface area contributed by atoms with E-state index < -0.39 is 0 Å². The molecule has 0 radical (unpaired) electrons. The molecule has 0 fully saturated rings. The monoisotopic (exact) mass is 561 g/mol. The van der Waals surface area contributed by atoms with Gasteiger partial charge in [0.2, 0.25) is 18.6 Å². The third kappa shape index (κ3) is 36.2. The van der Waals surface area contributed by atoms with E-state index in [1.54, 1.807) is 0 Å². The summed E-state index contributed by atoms with van der Waals surface area (Å²) in [5.41, 5.74) is 0. The van der Waals surface area contributed by atoms with Gasteiger partial charge in [0.25, 0.3) is 0 Å². The SMILES string of the molecule is CCCCCCC(CCC)[N+](=O)[O-].CCCCCCCCC(CCC)[N+](=O)[O-].CCCCCCCC[N+](=O)[O-]. The highest BCUT2D eigenvalue weighted by Gasteiger charge is 2.18. The molecule has 39 heavy (non-hydrogen) atoms. The van der Waals surface area contributed by atoms with E-state index in [0.29, 0.717) is 0 Å². The van der Waals surface area contributed by atoms with Gasteiger partial charge in [-0.2, -0.15) is 0 Å². The van der Waals surface area contributed by atoms with E-state index in [2.05, 4.69) is 20.8 Å². The molecule has 234 valence electrons. The minimum absolute atomic E-state index is 0.102. The Bertz CT molecular complexity index is 549.